The highest BCUT2D eigenvalue weighted by Crippen LogP contribution is 2.20. The first-order chi connectivity index (χ1) is 10.7. The van der Waals surface area contributed by atoms with Crippen LogP contribution in [-0.2, 0) is 11.3 Å². The van der Waals surface area contributed by atoms with Gasteiger partial charge in [-0.3, -0.25) is 0 Å². The molecule has 1 aromatic carbocycles. The zero-order valence-corrected chi connectivity index (χ0v) is 12.9. The Morgan fingerprint density at radius 1 is 1.18 bits per heavy atom. The number of nitrogens with zero attached hydrogens (tertiary/aromatic N) is 3. The number of aromatic nitrogens is 2. The van der Waals surface area contributed by atoms with Crippen LogP contribution in [0.4, 0.5) is 17.5 Å². The molecule has 3 N–H and O–H groups in total. The van der Waals surface area contributed by atoms with Crippen LogP contribution in [0.2, 0.25) is 5.02 Å². The molecule has 1 aliphatic heterocycles. The SMILES string of the molecule is NCc1cc(Nc2ccc(Cl)cc2)nc(N2CCOCC2)n1. The van der Waals surface area contributed by atoms with E-state index in [1.54, 1.807) is 0 Å². The Morgan fingerprint density at radius 2 is 1.91 bits per heavy atom. The normalized spacial score (nSPS) is 14.9. The van der Waals surface area contributed by atoms with Crippen LogP contribution in [0.1, 0.15) is 5.69 Å². The molecule has 22 heavy (non-hydrogen) atoms. The van der Waals surface area contributed by atoms with Gasteiger partial charge in [-0.15, -0.1) is 0 Å². The highest BCUT2D eigenvalue weighted by atomic mass is 35.5. The molecule has 6 nitrogen and oxygen atoms in total. The summed E-state index contributed by atoms with van der Waals surface area (Å²) in [6, 6.07) is 9.33. The van der Waals surface area contributed by atoms with Gasteiger partial charge in [-0.2, -0.15) is 4.98 Å². The minimum absolute atomic E-state index is 0.370. The van der Waals surface area contributed by atoms with E-state index in [9.17, 15) is 0 Å². The second-order valence-electron chi connectivity index (χ2n) is 4.98. The largest absolute Gasteiger partial charge is 0.378 e. The van der Waals surface area contributed by atoms with Crippen molar-refractivity contribution in [1.29, 1.82) is 0 Å². The van der Waals surface area contributed by atoms with E-state index < -0.39 is 0 Å². The third-order valence-electron chi connectivity index (χ3n) is 3.39. The van der Waals surface area contributed by atoms with Crippen molar-refractivity contribution in [3.05, 3.63) is 41.0 Å². The van der Waals surface area contributed by atoms with Gasteiger partial charge in [0.1, 0.15) is 5.82 Å². The fourth-order valence-corrected chi connectivity index (χ4v) is 2.36. The topological polar surface area (TPSA) is 76.3 Å². The summed E-state index contributed by atoms with van der Waals surface area (Å²) in [5.74, 6) is 1.40. The van der Waals surface area contributed by atoms with Gasteiger partial charge in [0.05, 0.1) is 18.9 Å². The number of halogens is 1. The van der Waals surface area contributed by atoms with Crippen LogP contribution in [0.25, 0.3) is 0 Å². The van der Waals surface area contributed by atoms with Gasteiger partial charge >= 0.3 is 0 Å². The first-order valence-corrected chi connectivity index (χ1v) is 7.56. The van der Waals surface area contributed by atoms with E-state index >= 15 is 0 Å². The minimum Gasteiger partial charge on any atom is -0.378 e. The third-order valence-corrected chi connectivity index (χ3v) is 3.64. The Bertz CT molecular complexity index is 628. The standard InChI is InChI=1S/C15H18ClN5O/c16-11-1-3-12(4-2-11)18-14-9-13(10-17)19-15(20-14)21-5-7-22-8-6-21/h1-4,9H,5-8,10,17H2,(H,18,19,20). The molecule has 1 saturated heterocycles. The second kappa shape index (κ2) is 6.91. The summed E-state index contributed by atoms with van der Waals surface area (Å²) in [6.07, 6.45) is 0. The van der Waals surface area contributed by atoms with Crippen LogP contribution in [-0.4, -0.2) is 36.3 Å². The van der Waals surface area contributed by atoms with Gasteiger partial charge in [0.2, 0.25) is 5.95 Å². The van der Waals surface area contributed by atoms with Crippen molar-refractivity contribution in [1.82, 2.24) is 9.97 Å². The van der Waals surface area contributed by atoms with Crippen LogP contribution in [0, 0.1) is 0 Å². The monoisotopic (exact) mass is 319 g/mol. The van der Waals surface area contributed by atoms with Gasteiger partial charge in [-0.05, 0) is 24.3 Å². The molecule has 2 heterocycles. The van der Waals surface area contributed by atoms with Gasteiger partial charge in [-0.25, -0.2) is 4.98 Å². The molecular weight excluding hydrogens is 302 g/mol. The molecule has 1 fully saturated rings. The summed E-state index contributed by atoms with van der Waals surface area (Å²) >= 11 is 5.90. The van der Waals surface area contributed by atoms with Gasteiger partial charge < -0.3 is 20.7 Å². The molecule has 0 bridgehead atoms. The summed E-state index contributed by atoms with van der Waals surface area (Å²) < 4.78 is 5.36. The van der Waals surface area contributed by atoms with Crippen LogP contribution in [0.3, 0.4) is 0 Å². The highest BCUT2D eigenvalue weighted by molar-refractivity contribution is 6.30. The van der Waals surface area contributed by atoms with Crippen LogP contribution >= 0.6 is 11.6 Å². The minimum atomic E-state index is 0.370. The summed E-state index contributed by atoms with van der Waals surface area (Å²) in [7, 11) is 0. The predicted molar refractivity (Wildman–Crippen MR) is 87.7 cm³/mol. The lowest BCUT2D eigenvalue weighted by atomic mass is 10.3. The average molecular weight is 320 g/mol. The summed E-state index contributed by atoms with van der Waals surface area (Å²) in [5.41, 5.74) is 7.47. The van der Waals surface area contributed by atoms with Crippen LogP contribution in [0.5, 0.6) is 0 Å². The summed E-state index contributed by atoms with van der Waals surface area (Å²) in [6.45, 7) is 3.32. The number of nitrogens with two attached hydrogens (primary N) is 1. The number of nitrogens with one attached hydrogen (secondary N) is 1. The van der Waals surface area contributed by atoms with Crippen molar-refractivity contribution < 1.29 is 4.74 Å². The molecule has 7 heteroatoms. The number of rotatable bonds is 4. The molecule has 0 radical (unpaired) electrons. The van der Waals surface area contributed by atoms with Crippen LogP contribution in [0.15, 0.2) is 30.3 Å². The van der Waals surface area contributed by atoms with E-state index in [1.165, 1.54) is 0 Å². The molecule has 116 valence electrons. The molecule has 1 aliphatic rings. The van der Waals surface area contributed by atoms with E-state index in [1.807, 2.05) is 30.3 Å². The lowest BCUT2D eigenvalue weighted by Crippen LogP contribution is -2.37. The first kappa shape index (κ1) is 15.0. The van der Waals surface area contributed by atoms with E-state index in [0.717, 1.165) is 30.3 Å². The van der Waals surface area contributed by atoms with Crippen molar-refractivity contribution in [3.8, 4) is 0 Å². The predicted octanol–water partition coefficient (Wildman–Crippen LogP) is 2.17. The molecule has 0 unspecified atom stereocenters. The van der Waals surface area contributed by atoms with Gasteiger partial charge in [0.15, 0.2) is 0 Å². The Kier molecular flexibility index (Phi) is 4.72. The number of hydrogen-bond donors (Lipinski definition) is 2. The molecule has 0 aliphatic carbocycles. The Hall–Kier alpha value is -1.89. The molecule has 1 aromatic heterocycles. The fraction of sp³-hybridized carbons (Fsp3) is 0.333. The number of anilines is 3. The zero-order chi connectivity index (χ0) is 15.4. The van der Waals surface area contributed by atoms with E-state index in [4.69, 9.17) is 22.1 Å². The fourth-order valence-electron chi connectivity index (χ4n) is 2.24. The van der Waals surface area contributed by atoms with Gasteiger partial charge in [0, 0.05) is 36.4 Å². The van der Waals surface area contributed by atoms with Gasteiger partial charge in [-0.1, -0.05) is 11.6 Å². The van der Waals surface area contributed by atoms with E-state index in [0.29, 0.717) is 30.7 Å². The van der Waals surface area contributed by atoms with Crippen molar-refractivity contribution >= 4 is 29.1 Å². The second-order valence-corrected chi connectivity index (χ2v) is 5.42. The maximum atomic E-state index is 5.90. The lowest BCUT2D eigenvalue weighted by Gasteiger charge is -2.27. The smallest absolute Gasteiger partial charge is 0.227 e. The Labute approximate surface area is 134 Å². The quantitative estimate of drug-likeness (QED) is 0.899. The van der Waals surface area contributed by atoms with Gasteiger partial charge in [0.25, 0.3) is 0 Å². The third kappa shape index (κ3) is 3.65. The van der Waals surface area contributed by atoms with E-state index in [2.05, 4.69) is 20.2 Å². The summed E-state index contributed by atoms with van der Waals surface area (Å²) in [5, 5.41) is 3.96. The van der Waals surface area contributed by atoms with E-state index in [-0.39, 0.29) is 0 Å². The number of morpholine rings is 1. The maximum absolute atomic E-state index is 5.90. The Morgan fingerprint density at radius 3 is 2.59 bits per heavy atom. The average Bonchev–Trinajstić information content (AvgIpc) is 2.57. The molecule has 0 atom stereocenters. The maximum Gasteiger partial charge on any atom is 0.227 e. The Balaban J connectivity index is 1.84. The zero-order valence-electron chi connectivity index (χ0n) is 12.1. The van der Waals surface area contributed by atoms with Crippen molar-refractivity contribution in [2.45, 2.75) is 6.54 Å². The van der Waals surface area contributed by atoms with Crippen molar-refractivity contribution in [2.24, 2.45) is 5.73 Å². The lowest BCUT2D eigenvalue weighted by molar-refractivity contribution is 0.122. The number of ether oxygens (including phenoxy) is 1. The van der Waals surface area contributed by atoms with Crippen molar-refractivity contribution in [2.75, 3.05) is 36.5 Å². The highest BCUT2D eigenvalue weighted by Gasteiger charge is 2.15. The summed E-state index contributed by atoms with van der Waals surface area (Å²) in [4.78, 5) is 11.2. The van der Waals surface area contributed by atoms with Crippen LogP contribution < -0.4 is 16.0 Å². The first-order valence-electron chi connectivity index (χ1n) is 7.18. The number of benzene rings is 1. The molecule has 3 rings (SSSR count). The molecule has 0 saturated carbocycles. The number of hydrogen-bond acceptors (Lipinski definition) is 6. The molecule has 2 aromatic rings. The molecular formula is C15H18ClN5O. The molecule has 0 amide bonds. The molecule has 0 spiro atoms. The van der Waals surface area contributed by atoms with Crippen molar-refractivity contribution in [3.63, 3.8) is 0 Å².